The van der Waals surface area contributed by atoms with E-state index in [9.17, 15) is 14.4 Å². The summed E-state index contributed by atoms with van der Waals surface area (Å²) in [6, 6.07) is 15.8. The first-order valence-electron chi connectivity index (χ1n) is 11.0. The molecule has 1 unspecified atom stereocenters. The third kappa shape index (κ3) is 3.96. The molecule has 1 fully saturated rings. The molecule has 34 heavy (non-hydrogen) atoms. The molecule has 2 amide bonds. The zero-order valence-electron chi connectivity index (χ0n) is 18.9. The Kier molecular flexibility index (Phi) is 5.87. The molecule has 8 nitrogen and oxygen atoms in total. The fraction of sp³-hybridized carbons (Fsp3) is 0.280. The minimum absolute atomic E-state index is 0.0420. The highest BCUT2D eigenvalue weighted by Gasteiger charge is 2.44. The molecule has 1 N–H and O–H groups in total. The number of hydrogen-bond donors (Lipinski definition) is 1. The summed E-state index contributed by atoms with van der Waals surface area (Å²) in [5, 5.41) is 4.05. The van der Waals surface area contributed by atoms with Crippen LogP contribution in [0.4, 0.5) is 4.79 Å². The van der Waals surface area contributed by atoms with Crippen LogP contribution >= 0.6 is 11.8 Å². The van der Waals surface area contributed by atoms with Crippen molar-refractivity contribution in [2.45, 2.75) is 30.1 Å². The molecule has 0 spiro atoms. The predicted molar refractivity (Wildman–Crippen MR) is 129 cm³/mol. The number of amides is 2. The van der Waals surface area contributed by atoms with E-state index in [0.717, 1.165) is 18.4 Å². The lowest BCUT2D eigenvalue weighted by molar-refractivity contribution is -0.136. The van der Waals surface area contributed by atoms with Crippen LogP contribution in [0.5, 0.6) is 0 Å². The summed E-state index contributed by atoms with van der Waals surface area (Å²) in [7, 11) is 3.02. The number of para-hydroxylation sites is 1. The smallest absolute Gasteiger partial charge is 0.338 e. The molecule has 1 atom stereocenters. The molecule has 0 bridgehead atoms. The highest BCUT2D eigenvalue weighted by atomic mass is 32.2. The largest absolute Gasteiger partial charge is 0.466 e. The van der Waals surface area contributed by atoms with Gasteiger partial charge in [-0.25, -0.2) is 14.6 Å². The van der Waals surface area contributed by atoms with Gasteiger partial charge in [0.05, 0.1) is 29.6 Å². The van der Waals surface area contributed by atoms with E-state index in [1.807, 2.05) is 42.5 Å². The van der Waals surface area contributed by atoms with Crippen LogP contribution in [-0.2, 0) is 16.6 Å². The van der Waals surface area contributed by atoms with Gasteiger partial charge in [0.25, 0.3) is 5.56 Å². The Bertz CT molecular complexity index is 1360. The molecule has 9 heteroatoms. The number of methoxy groups -OCH3 is 1. The Balaban J connectivity index is 1.59. The van der Waals surface area contributed by atoms with Crippen molar-refractivity contribution in [1.82, 2.24) is 19.8 Å². The molecule has 0 radical (unpaired) electrons. The number of nitrogens with zero attached hydrogens (tertiary/aromatic N) is 3. The van der Waals surface area contributed by atoms with Crippen molar-refractivity contribution in [3.05, 3.63) is 81.8 Å². The summed E-state index contributed by atoms with van der Waals surface area (Å²) < 4.78 is 6.66. The lowest BCUT2D eigenvalue weighted by Crippen LogP contribution is -2.50. The van der Waals surface area contributed by atoms with E-state index in [2.05, 4.69) is 10.3 Å². The Morgan fingerprint density at radius 3 is 2.53 bits per heavy atom. The number of ether oxygens (including phenoxy) is 1. The van der Waals surface area contributed by atoms with Crippen LogP contribution in [0.1, 0.15) is 24.4 Å². The summed E-state index contributed by atoms with van der Waals surface area (Å²) in [5.41, 5.74) is 2.26. The van der Waals surface area contributed by atoms with Crippen molar-refractivity contribution in [3.8, 4) is 0 Å². The number of fused-ring (bicyclic) bond motifs is 1. The molecule has 3 aromatic rings. The van der Waals surface area contributed by atoms with Gasteiger partial charge in [0.15, 0.2) is 5.16 Å². The van der Waals surface area contributed by atoms with E-state index in [4.69, 9.17) is 4.74 Å². The number of carbonyl (C=O) groups is 2. The first-order valence-corrected chi connectivity index (χ1v) is 12.0. The molecule has 174 valence electrons. The summed E-state index contributed by atoms with van der Waals surface area (Å²) >= 11 is 1.33. The van der Waals surface area contributed by atoms with Gasteiger partial charge < -0.3 is 10.1 Å². The molecule has 1 aliphatic carbocycles. The fourth-order valence-corrected chi connectivity index (χ4v) is 5.25. The highest BCUT2D eigenvalue weighted by molar-refractivity contribution is 7.99. The van der Waals surface area contributed by atoms with E-state index in [1.54, 1.807) is 24.1 Å². The third-order valence-corrected chi connectivity index (χ3v) is 7.15. The van der Waals surface area contributed by atoms with Gasteiger partial charge in [0.1, 0.15) is 0 Å². The highest BCUT2D eigenvalue weighted by Crippen LogP contribution is 2.39. The molecule has 2 heterocycles. The second kappa shape index (κ2) is 8.98. The van der Waals surface area contributed by atoms with Crippen LogP contribution in [0.2, 0.25) is 0 Å². The normalized spacial score (nSPS) is 18.2. The average molecular weight is 477 g/mol. The molecule has 2 aromatic carbocycles. The summed E-state index contributed by atoms with van der Waals surface area (Å²) in [5.74, 6) is -0.202. The van der Waals surface area contributed by atoms with Gasteiger partial charge >= 0.3 is 12.0 Å². The molecule has 5 rings (SSSR count). The number of benzene rings is 2. The minimum Gasteiger partial charge on any atom is -0.466 e. The van der Waals surface area contributed by atoms with Crippen LogP contribution in [0, 0.1) is 0 Å². The maximum Gasteiger partial charge on any atom is 0.338 e. The van der Waals surface area contributed by atoms with Gasteiger partial charge in [0.2, 0.25) is 0 Å². The maximum atomic E-state index is 13.2. The number of urea groups is 1. The lowest BCUT2D eigenvalue weighted by Gasteiger charge is -2.36. The third-order valence-electron chi connectivity index (χ3n) is 6.11. The topological polar surface area (TPSA) is 93.5 Å². The minimum atomic E-state index is -0.625. The predicted octanol–water partition coefficient (Wildman–Crippen LogP) is 3.38. The second-order valence-electron chi connectivity index (χ2n) is 8.31. The van der Waals surface area contributed by atoms with Crippen molar-refractivity contribution >= 4 is 34.7 Å². The van der Waals surface area contributed by atoms with Crippen molar-refractivity contribution < 1.29 is 14.3 Å². The van der Waals surface area contributed by atoms with Crippen LogP contribution in [0.3, 0.4) is 0 Å². The van der Waals surface area contributed by atoms with Gasteiger partial charge in [-0.05, 0) is 30.5 Å². The number of nitrogens with one attached hydrogen (secondary N) is 1. The first-order chi connectivity index (χ1) is 16.5. The monoisotopic (exact) mass is 476 g/mol. The van der Waals surface area contributed by atoms with Crippen molar-refractivity contribution in [3.63, 3.8) is 0 Å². The molecular formula is C25H24N4O4S. The van der Waals surface area contributed by atoms with Crippen molar-refractivity contribution in [2.24, 2.45) is 7.05 Å². The number of thioether (sulfide) groups is 1. The summed E-state index contributed by atoms with van der Waals surface area (Å²) in [6.07, 6.45) is 1.75. The van der Waals surface area contributed by atoms with Gasteiger partial charge in [-0.1, -0.05) is 54.2 Å². The number of aromatic nitrogens is 2. The molecule has 1 aromatic heterocycles. The fourth-order valence-electron chi connectivity index (χ4n) is 4.25. The standard InChI is InChI=1S/C25H24N4O4S/c1-28-22(30)17-10-6-7-11-18(17)26-25(28)34-14-19-20(23(31)33-2)21(15-8-4-3-5-9-15)27-24(32)29(19)16-12-13-16/h3-11,16,21H,12-14H2,1-2H3,(H,27,32). The van der Waals surface area contributed by atoms with Gasteiger partial charge in [-0.15, -0.1) is 0 Å². The van der Waals surface area contributed by atoms with E-state index in [0.29, 0.717) is 27.3 Å². The second-order valence-corrected chi connectivity index (χ2v) is 9.25. The SMILES string of the molecule is COC(=O)C1=C(CSc2nc3ccccc3c(=O)n2C)N(C2CC2)C(=O)NC1c1ccccc1. The first kappa shape index (κ1) is 22.2. The number of rotatable bonds is 6. The lowest BCUT2D eigenvalue weighted by atomic mass is 9.95. The zero-order chi connectivity index (χ0) is 23.8. The quantitative estimate of drug-likeness (QED) is 0.333. The van der Waals surface area contributed by atoms with Gasteiger partial charge in [0, 0.05) is 24.5 Å². The molecular weight excluding hydrogens is 452 g/mol. The van der Waals surface area contributed by atoms with Crippen LogP contribution in [-0.4, -0.2) is 45.4 Å². The Hall–Kier alpha value is -3.59. The number of carbonyl (C=O) groups excluding carboxylic acids is 2. The summed E-state index contributed by atoms with van der Waals surface area (Å²) in [4.78, 5) is 45.4. The van der Waals surface area contributed by atoms with Crippen molar-refractivity contribution in [2.75, 3.05) is 12.9 Å². The Morgan fingerprint density at radius 1 is 1.12 bits per heavy atom. The van der Waals surface area contributed by atoms with E-state index in [1.165, 1.54) is 23.4 Å². The number of esters is 1. The van der Waals surface area contributed by atoms with E-state index in [-0.39, 0.29) is 23.4 Å². The van der Waals surface area contributed by atoms with Crippen LogP contribution in [0.25, 0.3) is 10.9 Å². The zero-order valence-corrected chi connectivity index (χ0v) is 19.7. The molecule has 2 aliphatic rings. The maximum absolute atomic E-state index is 13.2. The van der Waals surface area contributed by atoms with Gasteiger partial charge in [-0.3, -0.25) is 14.3 Å². The van der Waals surface area contributed by atoms with Crippen LogP contribution in [0.15, 0.2) is 75.8 Å². The molecule has 1 saturated carbocycles. The Labute approximate surface area is 200 Å². The molecule has 0 saturated heterocycles. The molecule has 1 aliphatic heterocycles. The summed E-state index contributed by atoms with van der Waals surface area (Å²) in [6.45, 7) is 0. The van der Waals surface area contributed by atoms with Gasteiger partial charge in [-0.2, -0.15) is 0 Å². The van der Waals surface area contributed by atoms with Crippen LogP contribution < -0.4 is 10.9 Å². The number of hydrogen-bond acceptors (Lipinski definition) is 6. The average Bonchev–Trinajstić information content (AvgIpc) is 3.70. The van der Waals surface area contributed by atoms with E-state index < -0.39 is 12.0 Å². The van der Waals surface area contributed by atoms with E-state index >= 15 is 0 Å². The Morgan fingerprint density at radius 2 is 1.82 bits per heavy atom. The van der Waals surface area contributed by atoms with Crippen molar-refractivity contribution in [1.29, 1.82) is 0 Å².